The molecule has 1 aliphatic rings. The fourth-order valence-corrected chi connectivity index (χ4v) is 2.77. The maximum absolute atomic E-state index is 10.2. The number of ether oxygens (including phenoxy) is 2. The van der Waals surface area contributed by atoms with Crippen LogP contribution in [0.5, 0.6) is 11.5 Å². The van der Waals surface area contributed by atoms with E-state index in [4.69, 9.17) is 9.47 Å². The molecule has 0 saturated carbocycles. The van der Waals surface area contributed by atoms with E-state index in [9.17, 15) is 5.11 Å². The molecular formula is C13H13NO3S. The molecule has 2 heterocycles. The van der Waals surface area contributed by atoms with Crippen molar-refractivity contribution in [3.63, 3.8) is 0 Å². The van der Waals surface area contributed by atoms with Gasteiger partial charge in [0.15, 0.2) is 0 Å². The number of benzene rings is 1. The lowest BCUT2D eigenvalue weighted by molar-refractivity contribution is 0.0671. The van der Waals surface area contributed by atoms with E-state index in [2.05, 4.69) is 4.98 Å². The van der Waals surface area contributed by atoms with Gasteiger partial charge < -0.3 is 14.6 Å². The molecule has 0 spiro atoms. The largest absolute Gasteiger partial charge is 0.497 e. The molecule has 18 heavy (non-hydrogen) atoms. The summed E-state index contributed by atoms with van der Waals surface area (Å²) in [5.41, 5.74) is 2.59. The van der Waals surface area contributed by atoms with Gasteiger partial charge in [0.05, 0.1) is 23.6 Å². The molecular weight excluding hydrogens is 250 g/mol. The van der Waals surface area contributed by atoms with E-state index in [1.165, 1.54) is 11.3 Å². The summed E-state index contributed by atoms with van der Waals surface area (Å²) in [7, 11) is 1.61. The molecule has 0 aliphatic carbocycles. The third-order valence-corrected chi connectivity index (χ3v) is 3.92. The van der Waals surface area contributed by atoms with Crippen LogP contribution < -0.4 is 9.47 Å². The standard InChI is InChI=1S/C13H13NO3S/c1-16-8-2-3-9-10(15)5-12(17-11(9)4-8)13-6-14-7-18-13/h2-4,6-7,10,12,15H,5H2,1H3/t10-,12?/m0/s1. The molecule has 0 saturated heterocycles. The number of fused-ring (bicyclic) bond motifs is 1. The lowest BCUT2D eigenvalue weighted by Crippen LogP contribution is -2.18. The predicted molar refractivity (Wildman–Crippen MR) is 68.1 cm³/mol. The molecule has 1 aliphatic heterocycles. The molecule has 1 unspecified atom stereocenters. The highest BCUT2D eigenvalue weighted by molar-refractivity contribution is 7.09. The molecule has 1 aromatic carbocycles. The lowest BCUT2D eigenvalue weighted by Gasteiger charge is -2.29. The highest BCUT2D eigenvalue weighted by Crippen LogP contribution is 2.42. The molecule has 0 radical (unpaired) electrons. The Hall–Kier alpha value is -1.59. The number of thiazole rings is 1. The van der Waals surface area contributed by atoms with Crippen LogP contribution >= 0.6 is 11.3 Å². The predicted octanol–water partition coefficient (Wildman–Crippen LogP) is 2.71. The van der Waals surface area contributed by atoms with Crippen molar-refractivity contribution in [2.45, 2.75) is 18.6 Å². The zero-order valence-electron chi connectivity index (χ0n) is 9.87. The first-order valence-electron chi connectivity index (χ1n) is 5.69. The normalized spacial score (nSPS) is 22.1. The van der Waals surface area contributed by atoms with Gasteiger partial charge in [0, 0.05) is 24.2 Å². The summed E-state index contributed by atoms with van der Waals surface area (Å²) >= 11 is 1.54. The Morgan fingerprint density at radius 2 is 2.39 bits per heavy atom. The van der Waals surface area contributed by atoms with Crippen LogP contribution in [0.1, 0.15) is 29.1 Å². The first-order chi connectivity index (χ1) is 8.78. The number of methoxy groups -OCH3 is 1. The van der Waals surface area contributed by atoms with Crippen molar-refractivity contribution in [3.8, 4) is 11.5 Å². The molecule has 2 atom stereocenters. The van der Waals surface area contributed by atoms with Crippen molar-refractivity contribution < 1.29 is 14.6 Å². The number of hydrogen-bond acceptors (Lipinski definition) is 5. The molecule has 1 aromatic heterocycles. The lowest BCUT2D eigenvalue weighted by atomic mass is 9.98. The van der Waals surface area contributed by atoms with Crippen molar-refractivity contribution in [3.05, 3.63) is 40.3 Å². The summed E-state index contributed by atoms with van der Waals surface area (Å²) in [4.78, 5) is 5.07. The minimum Gasteiger partial charge on any atom is -0.497 e. The SMILES string of the molecule is COc1ccc2c(c1)OC(c1cncs1)C[C@@H]2O. The number of aromatic nitrogens is 1. The van der Waals surface area contributed by atoms with Gasteiger partial charge >= 0.3 is 0 Å². The summed E-state index contributed by atoms with van der Waals surface area (Å²) < 4.78 is 11.1. The van der Waals surface area contributed by atoms with Crippen LogP contribution in [0.15, 0.2) is 29.9 Å². The van der Waals surface area contributed by atoms with Gasteiger partial charge in [-0.1, -0.05) is 0 Å². The summed E-state index contributed by atoms with van der Waals surface area (Å²) in [5, 5.41) is 10.2. The summed E-state index contributed by atoms with van der Waals surface area (Å²) in [6, 6.07) is 5.49. The second-order valence-corrected chi connectivity index (χ2v) is 5.08. The molecule has 3 rings (SSSR count). The molecule has 94 valence electrons. The molecule has 0 fully saturated rings. The third-order valence-electron chi connectivity index (χ3n) is 3.06. The Balaban J connectivity index is 1.95. The Labute approximate surface area is 109 Å². The topological polar surface area (TPSA) is 51.6 Å². The summed E-state index contributed by atoms with van der Waals surface area (Å²) in [5.74, 6) is 1.41. The quantitative estimate of drug-likeness (QED) is 0.905. The van der Waals surface area contributed by atoms with E-state index in [1.807, 2.05) is 18.2 Å². The zero-order valence-corrected chi connectivity index (χ0v) is 10.7. The van der Waals surface area contributed by atoms with Gasteiger partial charge in [-0.05, 0) is 12.1 Å². The minimum absolute atomic E-state index is 0.132. The molecule has 5 heteroatoms. The second-order valence-electron chi connectivity index (χ2n) is 4.17. The van der Waals surface area contributed by atoms with Crippen LogP contribution in [0.2, 0.25) is 0 Å². The van der Waals surface area contributed by atoms with Crippen molar-refractivity contribution in [2.24, 2.45) is 0 Å². The molecule has 0 bridgehead atoms. The minimum atomic E-state index is -0.508. The monoisotopic (exact) mass is 263 g/mol. The van der Waals surface area contributed by atoms with Gasteiger partial charge in [0.2, 0.25) is 0 Å². The number of aliphatic hydroxyl groups is 1. The Morgan fingerprint density at radius 1 is 1.50 bits per heavy atom. The number of rotatable bonds is 2. The molecule has 1 N–H and O–H groups in total. The number of aliphatic hydroxyl groups excluding tert-OH is 1. The Morgan fingerprint density at radius 3 is 3.11 bits per heavy atom. The number of nitrogens with zero attached hydrogens (tertiary/aromatic N) is 1. The van der Waals surface area contributed by atoms with Gasteiger partial charge in [-0.15, -0.1) is 11.3 Å². The third kappa shape index (κ3) is 1.95. The number of hydrogen-bond donors (Lipinski definition) is 1. The summed E-state index contributed by atoms with van der Waals surface area (Å²) in [6.07, 6.45) is 1.70. The van der Waals surface area contributed by atoms with E-state index in [-0.39, 0.29) is 6.10 Å². The second kappa shape index (κ2) is 4.59. The zero-order chi connectivity index (χ0) is 12.5. The van der Waals surface area contributed by atoms with Crippen molar-refractivity contribution in [2.75, 3.05) is 7.11 Å². The Bertz CT molecular complexity index is 541. The fourth-order valence-electron chi connectivity index (χ4n) is 2.11. The van der Waals surface area contributed by atoms with E-state index < -0.39 is 6.10 Å². The van der Waals surface area contributed by atoms with Crippen LogP contribution in [0.4, 0.5) is 0 Å². The van der Waals surface area contributed by atoms with E-state index in [1.54, 1.807) is 18.8 Å². The first kappa shape index (κ1) is 11.5. The highest BCUT2D eigenvalue weighted by Gasteiger charge is 2.29. The van der Waals surface area contributed by atoms with Gasteiger partial charge in [-0.2, -0.15) is 0 Å². The summed E-state index contributed by atoms with van der Waals surface area (Å²) in [6.45, 7) is 0. The van der Waals surface area contributed by atoms with Crippen LogP contribution in [-0.2, 0) is 0 Å². The van der Waals surface area contributed by atoms with Gasteiger partial charge in [-0.25, -0.2) is 0 Å². The first-order valence-corrected chi connectivity index (χ1v) is 6.57. The average Bonchev–Trinajstić information content (AvgIpc) is 2.91. The molecule has 4 nitrogen and oxygen atoms in total. The van der Waals surface area contributed by atoms with Crippen LogP contribution in [0.25, 0.3) is 0 Å². The van der Waals surface area contributed by atoms with Crippen LogP contribution in [0.3, 0.4) is 0 Å². The van der Waals surface area contributed by atoms with Gasteiger partial charge in [-0.3, -0.25) is 4.98 Å². The molecule has 2 aromatic rings. The van der Waals surface area contributed by atoms with E-state index >= 15 is 0 Å². The van der Waals surface area contributed by atoms with Crippen LogP contribution in [0, 0.1) is 0 Å². The van der Waals surface area contributed by atoms with Crippen molar-refractivity contribution in [1.29, 1.82) is 0 Å². The average molecular weight is 263 g/mol. The maximum Gasteiger partial charge on any atom is 0.137 e. The highest BCUT2D eigenvalue weighted by atomic mass is 32.1. The maximum atomic E-state index is 10.2. The smallest absolute Gasteiger partial charge is 0.137 e. The Kier molecular flexibility index (Phi) is 2.93. The fraction of sp³-hybridized carbons (Fsp3) is 0.308. The van der Waals surface area contributed by atoms with E-state index in [0.717, 1.165) is 16.2 Å². The van der Waals surface area contributed by atoms with Crippen molar-refractivity contribution >= 4 is 11.3 Å². The van der Waals surface area contributed by atoms with Gasteiger partial charge in [0.25, 0.3) is 0 Å². The van der Waals surface area contributed by atoms with Crippen LogP contribution in [-0.4, -0.2) is 17.2 Å². The molecule has 0 amide bonds. The van der Waals surface area contributed by atoms with Crippen molar-refractivity contribution in [1.82, 2.24) is 4.98 Å². The van der Waals surface area contributed by atoms with E-state index in [0.29, 0.717) is 12.2 Å². The van der Waals surface area contributed by atoms with Gasteiger partial charge in [0.1, 0.15) is 17.6 Å².